The highest BCUT2D eigenvalue weighted by molar-refractivity contribution is 5.85. The molecule has 16 heavy (non-hydrogen) atoms. The highest BCUT2D eigenvalue weighted by atomic mass is 35.5. The molecule has 2 aromatic heterocycles. The van der Waals surface area contributed by atoms with Gasteiger partial charge in [0, 0.05) is 6.07 Å². The molecule has 2 N–H and O–H groups in total. The second-order valence-electron chi connectivity index (χ2n) is 3.57. The zero-order valence-electron chi connectivity index (χ0n) is 9.34. The Bertz CT molecular complexity index is 496. The van der Waals surface area contributed by atoms with Crippen LogP contribution in [-0.2, 0) is 0 Å². The maximum absolute atomic E-state index is 5.83. The third-order valence-electron chi connectivity index (χ3n) is 2.11. The lowest BCUT2D eigenvalue weighted by atomic mass is 10.1. The zero-order chi connectivity index (χ0) is 11.0. The second-order valence-corrected chi connectivity index (χ2v) is 3.57. The number of anilines is 1. The fraction of sp³-hybridized carbons (Fsp3) is 0.444. The lowest BCUT2D eigenvalue weighted by molar-refractivity contribution is 0.381. The van der Waals surface area contributed by atoms with E-state index in [1.807, 2.05) is 13.8 Å². The van der Waals surface area contributed by atoms with Crippen molar-refractivity contribution in [3.63, 3.8) is 0 Å². The number of rotatable bonds is 2. The first-order valence-electron chi connectivity index (χ1n) is 4.69. The number of halogens is 1. The average Bonchev–Trinajstić information content (AvgIpc) is 2.61. The van der Waals surface area contributed by atoms with Crippen molar-refractivity contribution in [2.24, 2.45) is 0 Å². The summed E-state index contributed by atoms with van der Waals surface area (Å²) in [6.07, 6.45) is 0. The van der Waals surface area contributed by atoms with Crippen LogP contribution in [0.2, 0.25) is 0 Å². The number of nitrogens with zero attached hydrogens (tertiary/aromatic N) is 4. The molecule has 0 aliphatic rings. The standard InChI is InChI=1S/C9H13N5O.ClH/c1-5(2)6-4-7(10)14-8(11-6)12-9(13-14)15-3;/h4-5H,10H2,1-3H3;1H. The minimum absolute atomic E-state index is 0. The lowest BCUT2D eigenvalue weighted by Gasteiger charge is -2.05. The Balaban J connectivity index is 0.00000128. The Morgan fingerprint density at radius 3 is 2.62 bits per heavy atom. The van der Waals surface area contributed by atoms with Gasteiger partial charge in [0.1, 0.15) is 5.82 Å². The topological polar surface area (TPSA) is 78.3 Å². The molecule has 0 bridgehead atoms. The molecule has 6 nitrogen and oxygen atoms in total. The highest BCUT2D eigenvalue weighted by Crippen LogP contribution is 2.17. The SMILES string of the molecule is COc1nc2nc(C(C)C)cc(N)n2n1.Cl. The van der Waals surface area contributed by atoms with E-state index in [1.165, 1.54) is 11.6 Å². The Labute approximate surface area is 99.2 Å². The number of fused-ring (bicyclic) bond motifs is 1. The summed E-state index contributed by atoms with van der Waals surface area (Å²) in [6, 6.07) is 2.07. The van der Waals surface area contributed by atoms with Crippen LogP contribution >= 0.6 is 12.4 Å². The molecular formula is C9H14ClN5O. The minimum atomic E-state index is 0. The molecule has 0 unspecified atom stereocenters. The number of nitrogens with two attached hydrogens (primary N) is 1. The van der Waals surface area contributed by atoms with E-state index < -0.39 is 0 Å². The smallest absolute Gasteiger partial charge is 0.337 e. The second kappa shape index (κ2) is 4.52. The Kier molecular flexibility index (Phi) is 3.54. The van der Waals surface area contributed by atoms with Crippen LogP contribution in [0.4, 0.5) is 5.82 Å². The van der Waals surface area contributed by atoms with Crippen molar-refractivity contribution in [2.45, 2.75) is 19.8 Å². The molecule has 2 heterocycles. The molecule has 2 aromatic rings. The van der Waals surface area contributed by atoms with E-state index in [0.717, 1.165) is 5.69 Å². The third kappa shape index (κ3) is 2.01. The van der Waals surface area contributed by atoms with Crippen molar-refractivity contribution < 1.29 is 4.74 Å². The molecule has 0 atom stereocenters. The molecule has 0 fully saturated rings. The number of aromatic nitrogens is 4. The van der Waals surface area contributed by atoms with E-state index in [2.05, 4.69) is 15.1 Å². The predicted molar refractivity (Wildman–Crippen MR) is 63.1 cm³/mol. The van der Waals surface area contributed by atoms with Gasteiger partial charge in [-0.25, -0.2) is 4.98 Å². The quantitative estimate of drug-likeness (QED) is 0.859. The fourth-order valence-electron chi connectivity index (χ4n) is 1.27. The van der Waals surface area contributed by atoms with Gasteiger partial charge >= 0.3 is 6.01 Å². The van der Waals surface area contributed by atoms with Crippen LogP contribution in [0.5, 0.6) is 6.01 Å². The van der Waals surface area contributed by atoms with Gasteiger partial charge < -0.3 is 10.5 Å². The molecule has 0 aliphatic carbocycles. The summed E-state index contributed by atoms with van der Waals surface area (Å²) in [6.45, 7) is 4.09. The van der Waals surface area contributed by atoms with Crippen LogP contribution in [-0.4, -0.2) is 26.7 Å². The Morgan fingerprint density at radius 2 is 2.06 bits per heavy atom. The summed E-state index contributed by atoms with van der Waals surface area (Å²) in [7, 11) is 1.51. The molecule has 7 heteroatoms. The van der Waals surface area contributed by atoms with E-state index in [-0.39, 0.29) is 18.4 Å². The summed E-state index contributed by atoms with van der Waals surface area (Å²) in [5.41, 5.74) is 6.73. The summed E-state index contributed by atoms with van der Waals surface area (Å²) < 4.78 is 6.38. The van der Waals surface area contributed by atoms with Crippen molar-refractivity contribution in [3.8, 4) is 6.01 Å². The number of methoxy groups -OCH3 is 1. The molecule has 88 valence electrons. The number of hydrogen-bond acceptors (Lipinski definition) is 5. The van der Waals surface area contributed by atoms with Gasteiger partial charge in [0.05, 0.1) is 12.8 Å². The van der Waals surface area contributed by atoms with Crippen LogP contribution in [0.3, 0.4) is 0 Å². The number of ether oxygens (including phenoxy) is 1. The first kappa shape index (κ1) is 12.5. The summed E-state index contributed by atoms with van der Waals surface area (Å²) >= 11 is 0. The first-order valence-corrected chi connectivity index (χ1v) is 4.69. The van der Waals surface area contributed by atoms with Crippen molar-refractivity contribution >= 4 is 24.0 Å². The molecule has 0 saturated heterocycles. The van der Waals surface area contributed by atoms with Crippen LogP contribution < -0.4 is 10.5 Å². The van der Waals surface area contributed by atoms with Crippen molar-refractivity contribution in [3.05, 3.63) is 11.8 Å². The largest absolute Gasteiger partial charge is 0.466 e. The van der Waals surface area contributed by atoms with E-state index in [4.69, 9.17) is 10.5 Å². The molecule has 0 aliphatic heterocycles. The van der Waals surface area contributed by atoms with E-state index in [9.17, 15) is 0 Å². The van der Waals surface area contributed by atoms with Gasteiger partial charge in [-0.1, -0.05) is 13.8 Å². The third-order valence-corrected chi connectivity index (χ3v) is 2.11. The maximum Gasteiger partial charge on any atom is 0.337 e. The van der Waals surface area contributed by atoms with Crippen LogP contribution in [0.15, 0.2) is 6.07 Å². The summed E-state index contributed by atoms with van der Waals surface area (Å²) in [4.78, 5) is 8.41. The monoisotopic (exact) mass is 243 g/mol. The minimum Gasteiger partial charge on any atom is -0.466 e. The summed E-state index contributed by atoms with van der Waals surface area (Å²) in [5, 5.41) is 4.03. The molecule has 2 rings (SSSR count). The van der Waals surface area contributed by atoms with E-state index in [0.29, 0.717) is 17.5 Å². The first-order chi connectivity index (χ1) is 7.11. The molecule has 0 saturated carbocycles. The van der Waals surface area contributed by atoms with Gasteiger partial charge in [-0.05, 0) is 5.92 Å². The fourth-order valence-corrected chi connectivity index (χ4v) is 1.27. The molecule has 0 spiro atoms. The highest BCUT2D eigenvalue weighted by Gasteiger charge is 2.10. The van der Waals surface area contributed by atoms with Crippen molar-refractivity contribution in [2.75, 3.05) is 12.8 Å². The predicted octanol–water partition coefficient (Wildman–Crippen LogP) is 1.26. The molecule has 0 aromatic carbocycles. The zero-order valence-corrected chi connectivity index (χ0v) is 10.2. The van der Waals surface area contributed by atoms with Gasteiger partial charge in [0.25, 0.3) is 5.78 Å². The van der Waals surface area contributed by atoms with Crippen LogP contribution in [0.25, 0.3) is 5.78 Å². The van der Waals surface area contributed by atoms with Gasteiger partial charge in [0.15, 0.2) is 0 Å². The van der Waals surface area contributed by atoms with E-state index in [1.54, 1.807) is 6.07 Å². The number of hydrogen-bond donors (Lipinski definition) is 1. The Hall–Kier alpha value is -1.56. The Morgan fingerprint density at radius 1 is 1.38 bits per heavy atom. The van der Waals surface area contributed by atoms with Crippen LogP contribution in [0.1, 0.15) is 25.5 Å². The molecule has 0 radical (unpaired) electrons. The summed E-state index contributed by atoms with van der Waals surface area (Å²) in [5.74, 6) is 1.29. The average molecular weight is 244 g/mol. The number of nitrogen functional groups attached to an aromatic ring is 1. The van der Waals surface area contributed by atoms with E-state index >= 15 is 0 Å². The maximum atomic E-state index is 5.83. The lowest BCUT2D eigenvalue weighted by Crippen LogP contribution is -2.04. The normalized spacial score (nSPS) is 10.5. The van der Waals surface area contributed by atoms with Crippen molar-refractivity contribution in [1.82, 2.24) is 19.6 Å². The van der Waals surface area contributed by atoms with Gasteiger partial charge in [0.2, 0.25) is 0 Å². The van der Waals surface area contributed by atoms with Gasteiger partial charge in [-0.2, -0.15) is 9.50 Å². The molecule has 0 amide bonds. The van der Waals surface area contributed by atoms with Crippen molar-refractivity contribution in [1.29, 1.82) is 0 Å². The van der Waals surface area contributed by atoms with Gasteiger partial charge in [-0.15, -0.1) is 17.5 Å². The van der Waals surface area contributed by atoms with Gasteiger partial charge in [-0.3, -0.25) is 0 Å². The van der Waals surface area contributed by atoms with Crippen LogP contribution in [0, 0.1) is 0 Å². The molecular weight excluding hydrogens is 230 g/mol.